The first kappa shape index (κ1) is 20.8. The van der Waals surface area contributed by atoms with Crippen molar-refractivity contribution in [1.29, 1.82) is 0 Å². The van der Waals surface area contributed by atoms with Gasteiger partial charge in [-0.15, -0.1) is 5.10 Å². The number of H-pyrrole nitrogens is 1. The molecular weight excluding hydrogens is 445 g/mol. The van der Waals surface area contributed by atoms with E-state index in [0.29, 0.717) is 22.8 Å². The maximum absolute atomic E-state index is 13.9. The normalized spacial score (nSPS) is 11.7. The van der Waals surface area contributed by atoms with Gasteiger partial charge < -0.3 is 4.74 Å². The minimum atomic E-state index is -3.42. The Morgan fingerprint density at radius 1 is 1.03 bits per heavy atom. The van der Waals surface area contributed by atoms with Gasteiger partial charge in [-0.25, -0.2) is 22.5 Å². The van der Waals surface area contributed by atoms with Gasteiger partial charge in [0, 0.05) is 23.3 Å². The average Bonchev–Trinajstić information content (AvgIpc) is 3.43. The number of fused-ring (bicyclic) bond motifs is 1. The Kier molecular flexibility index (Phi) is 4.94. The number of para-hydroxylation sites is 1. The molecule has 5 aromatic rings. The third-order valence-corrected chi connectivity index (χ3v) is 6.29. The molecule has 166 valence electrons. The summed E-state index contributed by atoms with van der Waals surface area (Å²) in [7, 11) is -1.98. The largest absolute Gasteiger partial charge is 0.494 e. The molecule has 0 spiro atoms. The molecule has 2 heterocycles. The number of rotatable bonds is 5. The highest BCUT2D eigenvalue weighted by molar-refractivity contribution is 7.90. The molecule has 0 bridgehead atoms. The summed E-state index contributed by atoms with van der Waals surface area (Å²) in [5.41, 5.74) is 2.32. The second-order valence-corrected chi connectivity index (χ2v) is 9.42. The first-order valence-electron chi connectivity index (χ1n) is 9.90. The molecule has 3 aromatic carbocycles. The van der Waals surface area contributed by atoms with Crippen molar-refractivity contribution < 1.29 is 17.5 Å². The number of halogens is 1. The number of benzene rings is 3. The molecule has 2 aromatic heterocycles. The zero-order chi connectivity index (χ0) is 23.2. The van der Waals surface area contributed by atoms with Gasteiger partial charge in [0.1, 0.15) is 22.9 Å². The van der Waals surface area contributed by atoms with Gasteiger partial charge in [-0.1, -0.05) is 30.3 Å². The monoisotopic (exact) mass is 463 g/mol. The van der Waals surface area contributed by atoms with Gasteiger partial charge in [0.25, 0.3) is 0 Å². The number of aromatic amines is 1. The molecular formula is C23H18FN5O3S. The maximum Gasteiger partial charge on any atom is 0.184 e. The van der Waals surface area contributed by atoms with Crippen LogP contribution in [0.15, 0.2) is 71.6 Å². The number of hydrogen-bond acceptors (Lipinski definition) is 6. The molecule has 10 heteroatoms. The Balaban J connectivity index is 1.78. The number of aromatic nitrogens is 5. The van der Waals surface area contributed by atoms with Crippen LogP contribution in [-0.4, -0.2) is 46.7 Å². The summed E-state index contributed by atoms with van der Waals surface area (Å²) >= 11 is 0. The fourth-order valence-electron chi connectivity index (χ4n) is 3.58. The van der Waals surface area contributed by atoms with Crippen LogP contribution in [0.3, 0.4) is 0 Å². The maximum atomic E-state index is 13.9. The van der Waals surface area contributed by atoms with Gasteiger partial charge in [-0.3, -0.25) is 5.10 Å². The van der Waals surface area contributed by atoms with E-state index >= 15 is 0 Å². The lowest BCUT2D eigenvalue weighted by Crippen LogP contribution is -2.03. The minimum Gasteiger partial charge on any atom is -0.494 e. The highest BCUT2D eigenvalue weighted by Gasteiger charge is 2.22. The van der Waals surface area contributed by atoms with Gasteiger partial charge in [0.05, 0.1) is 17.5 Å². The van der Waals surface area contributed by atoms with E-state index in [1.165, 1.54) is 42.1 Å². The zero-order valence-corrected chi connectivity index (χ0v) is 18.5. The highest BCUT2D eigenvalue weighted by Crippen LogP contribution is 2.32. The summed E-state index contributed by atoms with van der Waals surface area (Å²) in [5, 5.41) is 12.9. The predicted octanol–water partition coefficient (Wildman–Crippen LogP) is 4.03. The van der Waals surface area contributed by atoms with E-state index in [2.05, 4.69) is 15.3 Å². The minimum absolute atomic E-state index is 0.155. The predicted molar refractivity (Wildman–Crippen MR) is 122 cm³/mol. The van der Waals surface area contributed by atoms with Crippen LogP contribution in [-0.2, 0) is 9.84 Å². The van der Waals surface area contributed by atoms with Crippen LogP contribution in [0.2, 0.25) is 0 Å². The number of sulfone groups is 1. The molecule has 33 heavy (non-hydrogen) atoms. The molecule has 0 aliphatic carbocycles. The smallest absolute Gasteiger partial charge is 0.184 e. The van der Waals surface area contributed by atoms with E-state index in [1.54, 1.807) is 12.1 Å². The molecule has 0 aliphatic heterocycles. The molecule has 0 saturated heterocycles. The molecule has 0 atom stereocenters. The van der Waals surface area contributed by atoms with Gasteiger partial charge >= 0.3 is 0 Å². The van der Waals surface area contributed by atoms with E-state index < -0.39 is 15.7 Å². The van der Waals surface area contributed by atoms with E-state index in [0.717, 1.165) is 17.2 Å². The second-order valence-electron chi connectivity index (χ2n) is 7.40. The Bertz CT molecular complexity index is 1610. The van der Waals surface area contributed by atoms with Gasteiger partial charge in [0.15, 0.2) is 21.5 Å². The lowest BCUT2D eigenvalue weighted by atomic mass is 10.2. The first-order chi connectivity index (χ1) is 15.8. The van der Waals surface area contributed by atoms with Crippen molar-refractivity contribution >= 4 is 20.7 Å². The fourth-order valence-corrected chi connectivity index (χ4v) is 4.25. The molecule has 0 unspecified atom stereocenters. The van der Waals surface area contributed by atoms with Crippen molar-refractivity contribution in [2.24, 2.45) is 0 Å². The SMILES string of the molecule is COc1cc(F)ccc1-n1nc(-c2cccc(S(C)(=O)=O)c2)nc1-c1n[nH]c2ccccc12. The second kappa shape index (κ2) is 7.82. The zero-order valence-electron chi connectivity index (χ0n) is 17.7. The van der Waals surface area contributed by atoms with Crippen LogP contribution in [0.1, 0.15) is 0 Å². The fraction of sp³-hybridized carbons (Fsp3) is 0.0870. The van der Waals surface area contributed by atoms with Crippen LogP contribution in [0, 0.1) is 5.82 Å². The highest BCUT2D eigenvalue weighted by atomic mass is 32.2. The Morgan fingerprint density at radius 2 is 1.85 bits per heavy atom. The number of ether oxygens (including phenoxy) is 1. The van der Waals surface area contributed by atoms with Crippen molar-refractivity contribution in [3.05, 3.63) is 72.5 Å². The standard InChI is InChI=1S/C23H18FN5O3S/c1-32-20-13-15(24)10-11-19(20)29-23(21-17-8-3-4-9-18(17)26-27-21)25-22(28-29)14-6-5-7-16(12-14)33(2,30)31/h3-13H,1-2H3,(H,26,27). The number of hydrogen-bond donors (Lipinski definition) is 1. The van der Waals surface area contributed by atoms with Gasteiger partial charge in [-0.05, 0) is 30.3 Å². The summed E-state index contributed by atoms with van der Waals surface area (Å²) < 4.78 is 44.9. The molecule has 1 N–H and O–H groups in total. The van der Waals surface area contributed by atoms with E-state index in [4.69, 9.17) is 9.72 Å². The van der Waals surface area contributed by atoms with Crippen molar-refractivity contribution in [3.63, 3.8) is 0 Å². The number of nitrogens with one attached hydrogen (secondary N) is 1. The topological polar surface area (TPSA) is 103 Å². The van der Waals surface area contributed by atoms with Crippen LogP contribution >= 0.6 is 0 Å². The van der Waals surface area contributed by atoms with Crippen molar-refractivity contribution in [2.45, 2.75) is 4.90 Å². The molecule has 5 rings (SSSR count). The third-order valence-electron chi connectivity index (χ3n) is 5.18. The summed E-state index contributed by atoms with van der Waals surface area (Å²) in [6.07, 6.45) is 1.14. The van der Waals surface area contributed by atoms with E-state index in [9.17, 15) is 12.8 Å². The van der Waals surface area contributed by atoms with Crippen molar-refractivity contribution in [1.82, 2.24) is 25.0 Å². The third kappa shape index (κ3) is 3.74. The van der Waals surface area contributed by atoms with Crippen LogP contribution in [0.5, 0.6) is 5.75 Å². The molecule has 0 saturated carbocycles. The molecule has 0 radical (unpaired) electrons. The van der Waals surface area contributed by atoms with E-state index in [1.807, 2.05) is 24.3 Å². The van der Waals surface area contributed by atoms with Crippen molar-refractivity contribution in [3.8, 4) is 34.3 Å². The van der Waals surface area contributed by atoms with E-state index in [-0.39, 0.29) is 16.5 Å². The molecule has 8 nitrogen and oxygen atoms in total. The molecule has 0 amide bonds. The summed E-state index contributed by atoms with van der Waals surface area (Å²) in [5.74, 6) is 0.479. The summed E-state index contributed by atoms with van der Waals surface area (Å²) in [4.78, 5) is 4.85. The quantitative estimate of drug-likeness (QED) is 0.422. The number of nitrogens with zero attached hydrogens (tertiary/aromatic N) is 4. The van der Waals surface area contributed by atoms with Crippen LogP contribution in [0.25, 0.3) is 39.5 Å². The van der Waals surface area contributed by atoms with Gasteiger partial charge in [0.2, 0.25) is 0 Å². The van der Waals surface area contributed by atoms with Crippen LogP contribution in [0.4, 0.5) is 4.39 Å². The Morgan fingerprint density at radius 3 is 2.64 bits per heavy atom. The van der Waals surface area contributed by atoms with Crippen molar-refractivity contribution in [2.75, 3.05) is 13.4 Å². The first-order valence-corrected chi connectivity index (χ1v) is 11.8. The average molecular weight is 463 g/mol. The number of methoxy groups -OCH3 is 1. The summed E-state index contributed by atoms with van der Waals surface area (Å²) in [6.45, 7) is 0. The Hall–Kier alpha value is -4.05. The lowest BCUT2D eigenvalue weighted by molar-refractivity contribution is 0.408. The van der Waals surface area contributed by atoms with Gasteiger partial charge in [-0.2, -0.15) is 5.10 Å². The summed E-state index contributed by atoms with van der Waals surface area (Å²) in [6, 6.07) is 18.1. The van der Waals surface area contributed by atoms with Crippen LogP contribution < -0.4 is 4.74 Å². The molecule has 0 aliphatic rings. The lowest BCUT2D eigenvalue weighted by Gasteiger charge is -2.10. The molecule has 0 fully saturated rings. The Labute approximate surface area is 188 Å².